The van der Waals surface area contributed by atoms with Crippen molar-refractivity contribution in [1.82, 2.24) is 5.32 Å². The molecule has 14 heteroatoms. The maximum Gasteiger partial charge on any atom is 0.333 e. The Morgan fingerprint density at radius 3 is 2.25 bits per heavy atom. The number of esters is 1. The maximum absolute atomic E-state index is 12.1. The van der Waals surface area contributed by atoms with E-state index in [9.17, 15) is 50.4 Å². The number of carbonyl (C=O) groups is 2. The normalized spacial score (nSPS) is 29.5. The summed E-state index contributed by atoms with van der Waals surface area (Å²) < 4.78 is 15.0. The Morgan fingerprint density at radius 1 is 1.09 bits per heavy atom. The molecule has 0 spiro atoms. The molecule has 186 valence electrons. The average molecular weight is 469 g/mol. The van der Waals surface area contributed by atoms with Gasteiger partial charge < -0.3 is 60.4 Å². The standard InChI is InChI=1S/C18H31NO13/c1-7(2)17(29)30-4-3-19-16(28)13(26)12(25)15(8(22)5-20)32-18-14(27)11(24)10(23)9(6-21)31-18/h8-15,18,20-27H,1,3-6H2,2H3,(H,19,28)/t8-,9-,10+,11+,12-,13-,14-,15-,18+/m1/s1. The van der Waals surface area contributed by atoms with Crippen molar-refractivity contribution < 1.29 is 64.7 Å². The lowest BCUT2D eigenvalue weighted by Crippen LogP contribution is -2.62. The molecule has 1 aliphatic heterocycles. The third-order valence-electron chi connectivity index (χ3n) is 4.62. The van der Waals surface area contributed by atoms with Crippen LogP contribution in [0.25, 0.3) is 0 Å². The van der Waals surface area contributed by atoms with Crippen molar-refractivity contribution in [2.45, 2.75) is 62.0 Å². The molecule has 32 heavy (non-hydrogen) atoms. The molecule has 1 amide bonds. The van der Waals surface area contributed by atoms with Crippen molar-refractivity contribution in [3.8, 4) is 0 Å². The lowest BCUT2D eigenvalue weighted by molar-refractivity contribution is -0.326. The molecule has 1 fully saturated rings. The molecular formula is C18H31NO13. The fraction of sp³-hybridized carbons (Fsp3) is 0.778. The van der Waals surface area contributed by atoms with Gasteiger partial charge >= 0.3 is 5.97 Å². The summed E-state index contributed by atoms with van der Waals surface area (Å²) in [5, 5.41) is 80.6. The van der Waals surface area contributed by atoms with Gasteiger partial charge in [-0.2, -0.15) is 0 Å². The smallest absolute Gasteiger partial charge is 0.333 e. The highest BCUT2D eigenvalue weighted by Gasteiger charge is 2.47. The molecule has 0 unspecified atom stereocenters. The fourth-order valence-corrected chi connectivity index (χ4v) is 2.72. The summed E-state index contributed by atoms with van der Waals surface area (Å²) in [5.74, 6) is -1.84. The van der Waals surface area contributed by atoms with Gasteiger partial charge in [0.1, 0.15) is 49.3 Å². The van der Waals surface area contributed by atoms with Crippen LogP contribution in [-0.2, 0) is 23.8 Å². The first kappa shape index (κ1) is 28.3. The Kier molecular flexibility index (Phi) is 11.6. The van der Waals surface area contributed by atoms with Gasteiger partial charge in [-0.25, -0.2) is 4.79 Å². The van der Waals surface area contributed by atoms with Gasteiger partial charge in [-0.3, -0.25) is 4.79 Å². The molecule has 0 radical (unpaired) electrons. The summed E-state index contributed by atoms with van der Waals surface area (Å²) in [5.41, 5.74) is 0.137. The van der Waals surface area contributed by atoms with E-state index in [-0.39, 0.29) is 18.7 Å². The molecule has 0 aromatic heterocycles. The number of amides is 1. The SMILES string of the molecule is C=C(C)C(=O)OCCNC(=O)[C@H](O)[C@@H](O)[C@H](O[C@@H]1O[C@H](CO)[C@H](O)[C@H](O)[C@H]1O)[C@H](O)CO. The quantitative estimate of drug-likeness (QED) is 0.0737. The Balaban J connectivity index is 2.78. The topological polar surface area (TPSA) is 236 Å². The average Bonchev–Trinajstić information content (AvgIpc) is 2.77. The number of ether oxygens (including phenoxy) is 3. The van der Waals surface area contributed by atoms with Crippen LogP contribution in [0.15, 0.2) is 12.2 Å². The molecule has 0 bridgehead atoms. The maximum atomic E-state index is 12.1. The van der Waals surface area contributed by atoms with Crippen molar-refractivity contribution in [1.29, 1.82) is 0 Å². The van der Waals surface area contributed by atoms with E-state index in [4.69, 9.17) is 14.2 Å². The number of hydrogen-bond donors (Lipinski definition) is 9. The minimum absolute atomic E-state index is 0.137. The second-order valence-corrected chi connectivity index (χ2v) is 7.19. The third kappa shape index (κ3) is 7.41. The Labute approximate surface area is 183 Å². The predicted molar refractivity (Wildman–Crippen MR) is 103 cm³/mol. The number of hydrogen-bond acceptors (Lipinski definition) is 13. The van der Waals surface area contributed by atoms with E-state index in [1.807, 2.05) is 0 Å². The van der Waals surface area contributed by atoms with Crippen molar-refractivity contribution in [3.63, 3.8) is 0 Å². The molecule has 14 nitrogen and oxygen atoms in total. The summed E-state index contributed by atoms with van der Waals surface area (Å²) in [6.45, 7) is 2.53. The van der Waals surface area contributed by atoms with Crippen molar-refractivity contribution in [2.75, 3.05) is 26.4 Å². The van der Waals surface area contributed by atoms with Crippen LogP contribution in [0.1, 0.15) is 6.92 Å². The number of rotatable bonds is 12. The van der Waals surface area contributed by atoms with E-state index in [0.29, 0.717) is 0 Å². The zero-order valence-corrected chi connectivity index (χ0v) is 17.4. The lowest BCUT2D eigenvalue weighted by atomic mass is 9.98. The summed E-state index contributed by atoms with van der Waals surface area (Å²) in [7, 11) is 0. The van der Waals surface area contributed by atoms with Gasteiger partial charge in [-0.15, -0.1) is 0 Å². The lowest BCUT2D eigenvalue weighted by Gasteiger charge is -2.42. The van der Waals surface area contributed by atoms with E-state index in [1.165, 1.54) is 6.92 Å². The highest BCUT2D eigenvalue weighted by Crippen LogP contribution is 2.25. The van der Waals surface area contributed by atoms with E-state index >= 15 is 0 Å². The van der Waals surface area contributed by atoms with E-state index in [0.717, 1.165) is 0 Å². The Bertz CT molecular complexity index is 630. The molecule has 1 saturated heterocycles. The van der Waals surface area contributed by atoms with Gasteiger partial charge in [-0.05, 0) is 6.92 Å². The van der Waals surface area contributed by atoms with Crippen LogP contribution in [0.2, 0.25) is 0 Å². The molecule has 0 aliphatic carbocycles. The molecule has 1 aliphatic rings. The van der Waals surface area contributed by atoms with Gasteiger partial charge in [0.25, 0.3) is 5.91 Å². The van der Waals surface area contributed by atoms with Crippen LogP contribution in [0, 0.1) is 0 Å². The van der Waals surface area contributed by atoms with E-state index in [1.54, 1.807) is 0 Å². The molecule has 9 atom stereocenters. The van der Waals surface area contributed by atoms with Gasteiger partial charge in [0, 0.05) is 5.57 Å². The second kappa shape index (κ2) is 13.1. The Hall–Kier alpha value is -1.72. The summed E-state index contributed by atoms with van der Waals surface area (Å²) in [4.78, 5) is 23.3. The van der Waals surface area contributed by atoms with Crippen LogP contribution in [0.3, 0.4) is 0 Å². The first-order valence-electron chi connectivity index (χ1n) is 9.67. The second-order valence-electron chi connectivity index (χ2n) is 7.19. The highest BCUT2D eigenvalue weighted by atomic mass is 16.7. The Morgan fingerprint density at radius 2 is 1.72 bits per heavy atom. The molecule has 1 heterocycles. The summed E-state index contributed by atoms with van der Waals surface area (Å²) >= 11 is 0. The fourth-order valence-electron chi connectivity index (χ4n) is 2.72. The molecular weight excluding hydrogens is 438 g/mol. The van der Waals surface area contributed by atoms with Gasteiger partial charge in [0.05, 0.1) is 19.8 Å². The van der Waals surface area contributed by atoms with Crippen molar-refractivity contribution >= 4 is 11.9 Å². The molecule has 9 N–H and O–H groups in total. The van der Waals surface area contributed by atoms with Crippen LogP contribution >= 0.6 is 0 Å². The van der Waals surface area contributed by atoms with Crippen LogP contribution < -0.4 is 5.32 Å². The first-order chi connectivity index (χ1) is 15.0. The van der Waals surface area contributed by atoms with Gasteiger partial charge in [-0.1, -0.05) is 6.58 Å². The van der Waals surface area contributed by atoms with Crippen LogP contribution in [-0.4, -0.2) is 134 Å². The van der Waals surface area contributed by atoms with E-state index in [2.05, 4.69) is 11.9 Å². The van der Waals surface area contributed by atoms with Gasteiger partial charge in [0.15, 0.2) is 12.4 Å². The number of nitrogens with one attached hydrogen (secondary N) is 1. The minimum Gasteiger partial charge on any atom is -0.460 e. The molecule has 0 aromatic rings. The number of aliphatic hydroxyl groups excluding tert-OH is 8. The zero-order valence-electron chi connectivity index (χ0n) is 17.4. The molecule has 0 saturated carbocycles. The van der Waals surface area contributed by atoms with Crippen molar-refractivity contribution in [2.24, 2.45) is 0 Å². The van der Waals surface area contributed by atoms with Gasteiger partial charge in [0.2, 0.25) is 0 Å². The summed E-state index contributed by atoms with van der Waals surface area (Å²) in [6.07, 6.45) is -16.8. The van der Waals surface area contributed by atoms with Crippen LogP contribution in [0.4, 0.5) is 0 Å². The molecule has 0 aromatic carbocycles. The number of aliphatic hydroxyl groups is 8. The van der Waals surface area contributed by atoms with Crippen LogP contribution in [0.5, 0.6) is 0 Å². The zero-order chi connectivity index (χ0) is 24.6. The third-order valence-corrected chi connectivity index (χ3v) is 4.62. The predicted octanol–water partition coefficient (Wildman–Crippen LogP) is -5.52. The number of carbonyl (C=O) groups excluding carboxylic acids is 2. The largest absolute Gasteiger partial charge is 0.460 e. The summed E-state index contributed by atoms with van der Waals surface area (Å²) in [6, 6.07) is 0. The van der Waals surface area contributed by atoms with Crippen molar-refractivity contribution in [3.05, 3.63) is 12.2 Å². The van der Waals surface area contributed by atoms with E-state index < -0.39 is 80.2 Å². The first-order valence-corrected chi connectivity index (χ1v) is 9.67. The highest BCUT2D eigenvalue weighted by molar-refractivity contribution is 5.87. The monoisotopic (exact) mass is 469 g/mol. The minimum atomic E-state index is -2.21. The molecule has 1 rings (SSSR count).